The number of hydrogen-bond donors (Lipinski definition) is 1. The second-order valence-electron chi connectivity index (χ2n) is 5.46. The third kappa shape index (κ3) is 4.12. The number of halogens is 1. The number of esters is 1. The van der Waals surface area contributed by atoms with E-state index in [9.17, 15) is 9.59 Å². The van der Waals surface area contributed by atoms with Gasteiger partial charge in [0.25, 0.3) is 5.91 Å². The molecule has 0 bridgehead atoms. The molecule has 1 N–H and O–H groups in total. The van der Waals surface area contributed by atoms with Gasteiger partial charge in [-0.2, -0.15) is 0 Å². The number of ether oxygens (including phenoxy) is 1. The molecule has 0 aliphatic heterocycles. The van der Waals surface area contributed by atoms with Crippen molar-refractivity contribution in [1.82, 2.24) is 4.98 Å². The van der Waals surface area contributed by atoms with Gasteiger partial charge >= 0.3 is 5.97 Å². The standard InChI is InChI=1S/C18H15ClN2O3S2/c1-10-12(19)5-3-6-13(10)20-16(22)11(2)24-18(23)14-9-26-17(21-14)15-7-4-8-25-15/h3-9,11H,1-2H3,(H,20,22)/t11-/m0/s1. The summed E-state index contributed by atoms with van der Waals surface area (Å²) in [7, 11) is 0. The first-order chi connectivity index (χ1) is 12.5. The van der Waals surface area contributed by atoms with Crippen LogP contribution in [0.15, 0.2) is 41.1 Å². The normalized spacial score (nSPS) is 11.8. The number of hydrogen-bond acceptors (Lipinski definition) is 6. The highest BCUT2D eigenvalue weighted by Gasteiger charge is 2.22. The van der Waals surface area contributed by atoms with Crippen LogP contribution in [0.4, 0.5) is 5.69 Å². The molecule has 0 spiro atoms. The average Bonchev–Trinajstić information content (AvgIpc) is 3.29. The van der Waals surface area contributed by atoms with Crippen molar-refractivity contribution < 1.29 is 14.3 Å². The number of anilines is 1. The van der Waals surface area contributed by atoms with E-state index in [4.69, 9.17) is 16.3 Å². The summed E-state index contributed by atoms with van der Waals surface area (Å²) in [5.41, 5.74) is 1.53. The summed E-state index contributed by atoms with van der Waals surface area (Å²) in [6.07, 6.45) is -0.965. The zero-order valence-corrected chi connectivity index (χ0v) is 16.4. The van der Waals surface area contributed by atoms with Crippen molar-refractivity contribution in [3.8, 4) is 9.88 Å². The molecule has 0 fully saturated rings. The van der Waals surface area contributed by atoms with Gasteiger partial charge in [-0.1, -0.05) is 23.7 Å². The molecule has 26 heavy (non-hydrogen) atoms. The summed E-state index contributed by atoms with van der Waals surface area (Å²) >= 11 is 8.95. The van der Waals surface area contributed by atoms with Crippen molar-refractivity contribution in [2.75, 3.05) is 5.32 Å². The summed E-state index contributed by atoms with van der Waals surface area (Å²) < 4.78 is 5.23. The van der Waals surface area contributed by atoms with Gasteiger partial charge in [-0.3, -0.25) is 4.79 Å². The van der Waals surface area contributed by atoms with Gasteiger partial charge < -0.3 is 10.1 Å². The van der Waals surface area contributed by atoms with E-state index in [0.29, 0.717) is 10.7 Å². The SMILES string of the molecule is Cc1c(Cl)cccc1NC(=O)[C@H](C)OC(=O)c1csc(-c2cccs2)n1. The number of thiazole rings is 1. The number of thiophene rings is 1. The molecule has 2 heterocycles. The number of nitrogens with one attached hydrogen (secondary N) is 1. The zero-order chi connectivity index (χ0) is 18.7. The highest BCUT2D eigenvalue weighted by molar-refractivity contribution is 7.20. The largest absolute Gasteiger partial charge is 0.448 e. The number of carbonyl (C=O) groups excluding carboxylic acids is 2. The van der Waals surface area contributed by atoms with E-state index < -0.39 is 18.0 Å². The van der Waals surface area contributed by atoms with E-state index in [-0.39, 0.29) is 5.69 Å². The quantitative estimate of drug-likeness (QED) is 0.604. The maximum Gasteiger partial charge on any atom is 0.358 e. The van der Waals surface area contributed by atoms with Crippen LogP contribution in [0.25, 0.3) is 9.88 Å². The first-order valence-electron chi connectivity index (χ1n) is 7.72. The number of aromatic nitrogens is 1. The Morgan fingerprint density at radius 3 is 2.77 bits per heavy atom. The lowest BCUT2D eigenvalue weighted by molar-refractivity contribution is -0.123. The molecule has 3 aromatic rings. The van der Waals surface area contributed by atoms with Gasteiger partial charge in [0.15, 0.2) is 11.8 Å². The van der Waals surface area contributed by atoms with Crippen molar-refractivity contribution in [1.29, 1.82) is 0 Å². The lowest BCUT2D eigenvalue weighted by Gasteiger charge is -2.14. The molecule has 1 amide bonds. The van der Waals surface area contributed by atoms with E-state index in [1.54, 1.807) is 41.8 Å². The van der Waals surface area contributed by atoms with E-state index in [1.165, 1.54) is 18.3 Å². The Kier molecular flexibility index (Phi) is 5.70. The van der Waals surface area contributed by atoms with E-state index >= 15 is 0 Å². The molecular formula is C18H15ClN2O3S2. The first kappa shape index (κ1) is 18.6. The molecule has 0 saturated heterocycles. The minimum absolute atomic E-state index is 0.192. The van der Waals surface area contributed by atoms with Crippen molar-refractivity contribution in [3.63, 3.8) is 0 Å². The van der Waals surface area contributed by atoms with E-state index in [1.807, 2.05) is 17.5 Å². The van der Waals surface area contributed by atoms with Crippen LogP contribution in [0.5, 0.6) is 0 Å². The van der Waals surface area contributed by atoms with Crippen molar-refractivity contribution in [2.45, 2.75) is 20.0 Å². The molecule has 0 radical (unpaired) electrons. The number of nitrogens with zero attached hydrogens (tertiary/aromatic N) is 1. The summed E-state index contributed by atoms with van der Waals surface area (Å²) in [5, 5.41) is 7.59. The Bertz CT molecular complexity index is 938. The lowest BCUT2D eigenvalue weighted by Crippen LogP contribution is -2.30. The molecule has 3 rings (SSSR count). The monoisotopic (exact) mass is 406 g/mol. The Morgan fingerprint density at radius 2 is 2.04 bits per heavy atom. The van der Waals surface area contributed by atoms with E-state index in [2.05, 4.69) is 10.3 Å². The smallest absolute Gasteiger partial charge is 0.358 e. The highest BCUT2D eigenvalue weighted by Crippen LogP contribution is 2.28. The fourth-order valence-electron chi connectivity index (χ4n) is 2.13. The van der Waals surface area contributed by atoms with Gasteiger partial charge in [-0.05, 0) is 43.0 Å². The molecule has 8 heteroatoms. The highest BCUT2D eigenvalue weighted by atomic mass is 35.5. The van der Waals surface area contributed by atoms with E-state index in [0.717, 1.165) is 15.4 Å². The fourth-order valence-corrected chi connectivity index (χ4v) is 3.91. The van der Waals surface area contributed by atoms with Gasteiger partial charge in [0, 0.05) is 16.1 Å². The Balaban J connectivity index is 1.63. The molecule has 1 aromatic carbocycles. The van der Waals surface area contributed by atoms with Gasteiger partial charge in [0.1, 0.15) is 5.01 Å². The van der Waals surface area contributed by atoms with Crippen LogP contribution in [0.3, 0.4) is 0 Å². The van der Waals surface area contributed by atoms with Gasteiger partial charge in [0.2, 0.25) is 0 Å². The van der Waals surface area contributed by atoms with Crippen LogP contribution in [-0.4, -0.2) is 23.0 Å². The van der Waals surface area contributed by atoms with Crippen LogP contribution < -0.4 is 5.32 Å². The maximum absolute atomic E-state index is 12.3. The number of carbonyl (C=O) groups is 2. The summed E-state index contributed by atoms with van der Waals surface area (Å²) in [4.78, 5) is 29.8. The molecular weight excluding hydrogens is 392 g/mol. The second kappa shape index (κ2) is 7.99. The summed E-state index contributed by atoms with van der Waals surface area (Å²) in [6.45, 7) is 3.32. The number of rotatable bonds is 5. The topological polar surface area (TPSA) is 68.3 Å². The van der Waals surface area contributed by atoms with Crippen LogP contribution >= 0.6 is 34.3 Å². The third-order valence-corrected chi connectivity index (χ3v) is 5.91. The predicted molar refractivity (Wildman–Crippen MR) is 105 cm³/mol. The minimum atomic E-state index is -0.965. The zero-order valence-electron chi connectivity index (χ0n) is 14.0. The van der Waals surface area contributed by atoms with Crippen LogP contribution in [0, 0.1) is 6.92 Å². The molecule has 5 nitrogen and oxygen atoms in total. The third-order valence-electron chi connectivity index (χ3n) is 3.62. The predicted octanol–water partition coefficient (Wildman–Crippen LogP) is 5.02. The molecule has 0 unspecified atom stereocenters. The molecule has 0 aliphatic carbocycles. The minimum Gasteiger partial charge on any atom is -0.448 e. The Hall–Kier alpha value is -2.22. The Morgan fingerprint density at radius 1 is 1.23 bits per heavy atom. The van der Waals surface area contributed by atoms with Crippen LogP contribution in [-0.2, 0) is 9.53 Å². The van der Waals surface area contributed by atoms with Gasteiger partial charge in [-0.15, -0.1) is 22.7 Å². The van der Waals surface area contributed by atoms with Crippen molar-refractivity contribution >= 4 is 51.8 Å². The maximum atomic E-state index is 12.3. The molecule has 2 aromatic heterocycles. The summed E-state index contributed by atoms with van der Waals surface area (Å²) in [5.74, 6) is -1.06. The second-order valence-corrected chi connectivity index (χ2v) is 7.68. The van der Waals surface area contributed by atoms with Gasteiger partial charge in [-0.25, -0.2) is 9.78 Å². The van der Waals surface area contributed by atoms with Crippen molar-refractivity contribution in [3.05, 3.63) is 57.4 Å². The number of benzene rings is 1. The summed E-state index contributed by atoms with van der Waals surface area (Å²) in [6, 6.07) is 9.07. The van der Waals surface area contributed by atoms with Crippen molar-refractivity contribution in [2.24, 2.45) is 0 Å². The number of amides is 1. The average molecular weight is 407 g/mol. The van der Waals surface area contributed by atoms with Crippen LogP contribution in [0.2, 0.25) is 5.02 Å². The Labute approximate surface area is 163 Å². The molecule has 0 saturated carbocycles. The molecule has 1 atom stereocenters. The first-order valence-corrected chi connectivity index (χ1v) is 9.86. The lowest BCUT2D eigenvalue weighted by atomic mass is 10.2. The van der Waals surface area contributed by atoms with Crippen LogP contribution in [0.1, 0.15) is 23.0 Å². The molecule has 134 valence electrons. The fraction of sp³-hybridized carbons (Fsp3) is 0.167. The van der Waals surface area contributed by atoms with Gasteiger partial charge in [0.05, 0.1) is 4.88 Å². The molecule has 0 aliphatic rings.